The molecule has 0 aliphatic carbocycles. The third kappa shape index (κ3) is 3.42. The Bertz CT molecular complexity index is 750. The van der Waals surface area contributed by atoms with Gasteiger partial charge in [-0.05, 0) is 37.8 Å². The molecule has 0 bridgehead atoms. The number of rotatable bonds is 4. The van der Waals surface area contributed by atoms with Crippen molar-refractivity contribution in [1.29, 1.82) is 0 Å². The first-order valence-corrected chi connectivity index (χ1v) is 9.02. The number of hydrogen-bond acceptors (Lipinski definition) is 4. The van der Waals surface area contributed by atoms with E-state index >= 15 is 0 Å². The molecule has 4 rings (SSSR count). The Balaban J connectivity index is 1.46. The van der Waals surface area contributed by atoms with Gasteiger partial charge in [-0.25, -0.2) is 17.9 Å². The van der Waals surface area contributed by atoms with E-state index in [0.717, 1.165) is 25.9 Å². The Kier molecular flexibility index (Phi) is 4.84. The van der Waals surface area contributed by atoms with Crippen molar-refractivity contribution in [2.75, 3.05) is 18.4 Å². The minimum Gasteiger partial charge on any atom is -0.351 e. The first-order valence-electron chi connectivity index (χ1n) is 9.02. The first-order chi connectivity index (χ1) is 12.6. The average Bonchev–Trinajstić information content (AvgIpc) is 3.11. The molecule has 2 aliphatic rings. The van der Waals surface area contributed by atoms with Crippen LogP contribution in [0.2, 0.25) is 0 Å². The van der Waals surface area contributed by atoms with E-state index in [1.165, 1.54) is 17.1 Å². The summed E-state index contributed by atoms with van der Waals surface area (Å²) in [5.41, 5.74) is 0.676. The number of likely N-dealkylation sites (tertiary alicyclic amines) is 1. The molecule has 1 saturated heterocycles. The molecule has 2 aromatic rings. The van der Waals surface area contributed by atoms with Crippen molar-refractivity contribution in [2.45, 2.75) is 44.3 Å². The van der Waals surface area contributed by atoms with E-state index < -0.39 is 12.5 Å². The summed E-state index contributed by atoms with van der Waals surface area (Å²) in [5.74, 6) is 0.441. The summed E-state index contributed by atoms with van der Waals surface area (Å²) in [6.45, 7) is 2.20. The maximum absolute atomic E-state index is 13.9. The van der Waals surface area contributed by atoms with Gasteiger partial charge in [-0.1, -0.05) is 18.2 Å². The lowest BCUT2D eigenvalue weighted by Gasteiger charge is -2.40. The van der Waals surface area contributed by atoms with Crippen LogP contribution in [-0.4, -0.2) is 45.2 Å². The highest BCUT2D eigenvalue weighted by atomic mass is 19.3. The van der Waals surface area contributed by atoms with Gasteiger partial charge in [0.05, 0.1) is 0 Å². The number of piperidine rings is 1. The topological polar surface area (TPSA) is 46.0 Å². The quantitative estimate of drug-likeness (QED) is 0.903. The van der Waals surface area contributed by atoms with E-state index in [1.807, 2.05) is 6.07 Å². The van der Waals surface area contributed by atoms with Crippen LogP contribution in [-0.2, 0) is 6.54 Å². The monoisotopic (exact) mass is 365 g/mol. The smallest absolute Gasteiger partial charge is 0.260 e. The number of aromatic nitrogens is 3. The van der Waals surface area contributed by atoms with Crippen LogP contribution in [0.3, 0.4) is 0 Å². The second-order valence-corrected chi connectivity index (χ2v) is 7.15. The molecule has 8 heteroatoms. The molecule has 5 nitrogen and oxygen atoms in total. The number of fused-ring (bicyclic) bond motifs is 1. The van der Waals surface area contributed by atoms with Crippen LogP contribution in [0.1, 0.15) is 30.9 Å². The van der Waals surface area contributed by atoms with Gasteiger partial charge in [0.2, 0.25) is 5.95 Å². The van der Waals surface area contributed by atoms with Gasteiger partial charge in [-0.2, -0.15) is 10.1 Å². The highest BCUT2D eigenvalue weighted by Crippen LogP contribution is 2.35. The maximum Gasteiger partial charge on any atom is 0.260 e. The Morgan fingerprint density at radius 3 is 2.92 bits per heavy atom. The van der Waals surface area contributed by atoms with E-state index in [-0.39, 0.29) is 17.8 Å². The predicted molar refractivity (Wildman–Crippen MR) is 91.5 cm³/mol. The molecular weight excluding hydrogens is 343 g/mol. The second kappa shape index (κ2) is 7.26. The largest absolute Gasteiger partial charge is 0.351 e. The molecule has 1 fully saturated rings. The van der Waals surface area contributed by atoms with E-state index in [4.69, 9.17) is 0 Å². The van der Waals surface area contributed by atoms with Crippen LogP contribution in [0.15, 0.2) is 30.6 Å². The summed E-state index contributed by atoms with van der Waals surface area (Å²) in [6, 6.07) is 5.77. The van der Waals surface area contributed by atoms with Gasteiger partial charge in [0.1, 0.15) is 18.2 Å². The molecule has 1 aromatic heterocycles. The Labute approximate surface area is 150 Å². The van der Waals surface area contributed by atoms with Crippen molar-refractivity contribution in [3.63, 3.8) is 0 Å². The standard InChI is InChI=1S/C18H22F3N5/c19-14-6-2-1-4-12(14)9-25-7-3-5-13(10-25)15-8-16(17(20)21)26-18(24-15)22-11-23-26/h1-2,4,6,11,13,15-17H,3,5,7-10H2,(H,22,23,24)/t13-,15+,16-/m1/s1. The van der Waals surface area contributed by atoms with Crippen molar-refractivity contribution in [2.24, 2.45) is 5.92 Å². The van der Waals surface area contributed by atoms with E-state index in [1.54, 1.807) is 12.1 Å². The van der Waals surface area contributed by atoms with Crippen molar-refractivity contribution in [1.82, 2.24) is 19.7 Å². The molecule has 2 aliphatic heterocycles. The van der Waals surface area contributed by atoms with Crippen molar-refractivity contribution < 1.29 is 13.2 Å². The molecule has 140 valence electrons. The van der Waals surface area contributed by atoms with E-state index in [0.29, 0.717) is 24.5 Å². The lowest BCUT2D eigenvalue weighted by atomic mass is 9.86. The van der Waals surface area contributed by atoms with Gasteiger partial charge in [0.25, 0.3) is 6.43 Å². The molecule has 1 N–H and O–H groups in total. The van der Waals surface area contributed by atoms with Gasteiger partial charge < -0.3 is 5.32 Å². The van der Waals surface area contributed by atoms with Crippen LogP contribution < -0.4 is 5.32 Å². The lowest BCUT2D eigenvalue weighted by molar-refractivity contribution is 0.0550. The highest BCUT2D eigenvalue weighted by molar-refractivity contribution is 5.29. The Hall–Kier alpha value is -2.09. The van der Waals surface area contributed by atoms with Crippen LogP contribution in [0, 0.1) is 11.7 Å². The summed E-state index contributed by atoms with van der Waals surface area (Å²) >= 11 is 0. The molecule has 1 aromatic carbocycles. The molecule has 26 heavy (non-hydrogen) atoms. The molecule has 0 spiro atoms. The van der Waals surface area contributed by atoms with Crippen molar-refractivity contribution >= 4 is 5.95 Å². The Morgan fingerprint density at radius 2 is 2.12 bits per heavy atom. The summed E-state index contributed by atoms with van der Waals surface area (Å²) in [7, 11) is 0. The number of hydrogen-bond donors (Lipinski definition) is 1. The molecule has 3 atom stereocenters. The zero-order chi connectivity index (χ0) is 18.1. The third-order valence-electron chi connectivity index (χ3n) is 5.45. The number of alkyl halides is 2. The molecular formula is C18H22F3N5. The van der Waals surface area contributed by atoms with Gasteiger partial charge in [-0.3, -0.25) is 4.90 Å². The van der Waals surface area contributed by atoms with Gasteiger partial charge in [0.15, 0.2) is 0 Å². The molecule has 0 amide bonds. The summed E-state index contributed by atoms with van der Waals surface area (Å²) < 4.78 is 42.1. The Morgan fingerprint density at radius 1 is 1.27 bits per heavy atom. The number of halogens is 3. The number of nitrogens with zero attached hydrogens (tertiary/aromatic N) is 4. The zero-order valence-electron chi connectivity index (χ0n) is 14.4. The van der Waals surface area contributed by atoms with Crippen LogP contribution in [0.5, 0.6) is 0 Å². The molecule has 0 unspecified atom stereocenters. The van der Waals surface area contributed by atoms with Crippen molar-refractivity contribution in [3.8, 4) is 0 Å². The summed E-state index contributed by atoms with van der Waals surface area (Å²) in [4.78, 5) is 6.29. The predicted octanol–water partition coefficient (Wildman–Crippen LogP) is 3.32. The van der Waals surface area contributed by atoms with Crippen LogP contribution in [0.25, 0.3) is 0 Å². The maximum atomic E-state index is 13.9. The SMILES string of the molecule is Fc1ccccc1CN1CCC[C@@H]([C@@H]2C[C@H](C(F)F)n3ncnc3N2)C1. The van der Waals surface area contributed by atoms with Gasteiger partial charge in [0, 0.05) is 24.7 Å². The van der Waals surface area contributed by atoms with Gasteiger partial charge in [-0.15, -0.1) is 0 Å². The van der Waals surface area contributed by atoms with E-state index in [9.17, 15) is 13.2 Å². The number of anilines is 1. The summed E-state index contributed by atoms with van der Waals surface area (Å²) in [6.07, 6.45) is 1.11. The second-order valence-electron chi connectivity index (χ2n) is 7.15. The highest BCUT2D eigenvalue weighted by Gasteiger charge is 2.38. The fourth-order valence-corrected chi connectivity index (χ4v) is 4.13. The first kappa shape index (κ1) is 17.3. The fraction of sp³-hybridized carbons (Fsp3) is 0.556. The third-order valence-corrected chi connectivity index (χ3v) is 5.45. The number of nitrogens with one attached hydrogen (secondary N) is 1. The van der Waals surface area contributed by atoms with E-state index in [2.05, 4.69) is 20.3 Å². The van der Waals surface area contributed by atoms with Gasteiger partial charge >= 0.3 is 0 Å². The molecule has 3 heterocycles. The lowest BCUT2D eigenvalue weighted by Crippen LogP contribution is -2.46. The number of benzene rings is 1. The van der Waals surface area contributed by atoms with Crippen LogP contribution >= 0.6 is 0 Å². The minimum atomic E-state index is -2.47. The molecule has 0 radical (unpaired) electrons. The van der Waals surface area contributed by atoms with Crippen molar-refractivity contribution in [3.05, 3.63) is 42.0 Å². The summed E-state index contributed by atoms with van der Waals surface area (Å²) in [5, 5.41) is 7.21. The minimum absolute atomic E-state index is 0.0749. The average molecular weight is 365 g/mol. The zero-order valence-corrected chi connectivity index (χ0v) is 14.4. The normalized spacial score (nSPS) is 26.5. The molecule has 0 saturated carbocycles. The van der Waals surface area contributed by atoms with Crippen LogP contribution in [0.4, 0.5) is 19.1 Å². The fourth-order valence-electron chi connectivity index (χ4n) is 4.13.